The van der Waals surface area contributed by atoms with Gasteiger partial charge in [-0.25, -0.2) is 24.3 Å². The van der Waals surface area contributed by atoms with Crippen molar-refractivity contribution in [2.24, 2.45) is 0 Å². The minimum absolute atomic E-state index is 0.0286. The maximum Gasteiger partial charge on any atom is 0.414 e. The molecule has 0 saturated carbocycles. The highest BCUT2D eigenvalue weighted by Gasteiger charge is 2.66. The number of nitrogens with zero attached hydrogens (tertiary/aromatic N) is 7. The number of carboxylic acid groups (broad SMARTS) is 2. The molecular weight excluding hydrogens is 780 g/mol. The van der Waals surface area contributed by atoms with E-state index in [1.807, 2.05) is 0 Å². The van der Waals surface area contributed by atoms with Crippen LogP contribution in [0.3, 0.4) is 0 Å². The lowest BCUT2D eigenvalue weighted by Crippen LogP contribution is -2.72. The highest BCUT2D eigenvalue weighted by molar-refractivity contribution is 6.31. The fraction of sp³-hybridized carbons (Fsp3) is 0.324. The molecule has 58 heavy (non-hydrogen) atoms. The second kappa shape index (κ2) is 18.1. The lowest BCUT2D eigenvalue weighted by molar-refractivity contribution is -0.160. The van der Waals surface area contributed by atoms with Gasteiger partial charge in [-0.05, 0) is 71.7 Å². The molecule has 1 aromatic heterocycles. The maximum absolute atomic E-state index is 13.7. The Labute approximate surface area is 335 Å². The number of aldehydes is 1. The number of hydrogen-bond acceptors (Lipinski definition) is 12. The van der Waals surface area contributed by atoms with Gasteiger partial charge in [0.1, 0.15) is 12.4 Å². The zero-order valence-corrected chi connectivity index (χ0v) is 31.7. The third-order valence-corrected chi connectivity index (χ3v) is 9.94. The van der Waals surface area contributed by atoms with Crippen LogP contribution >= 0.6 is 11.6 Å². The number of para-hydroxylation sites is 1. The molecule has 1 saturated heterocycles. The molecule has 0 aliphatic carbocycles. The van der Waals surface area contributed by atoms with Crippen LogP contribution in [0.15, 0.2) is 73.1 Å². The summed E-state index contributed by atoms with van der Waals surface area (Å²) in [6.45, 7) is 2.08. The van der Waals surface area contributed by atoms with E-state index in [1.54, 1.807) is 36.3 Å². The summed E-state index contributed by atoms with van der Waals surface area (Å²) in [6, 6.07) is 14.6. The van der Waals surface area contributed by atoms with Crippen molar-refractivity contribution in [3.63, 3.8) is 0 Å². The van der Waals surface area contributed by atoms with Gasteiger partial charge in [-0.3, -0.25) is 19.8 Å². The van der Waals surface area contributed by atoms with Crippen LogP contribution in [0.4, 0.5) is 26.7 Å². The largest absolute Gasteiger partial charge is 0.478 e. The molecule has 1 fully saturated rings. The van der Waals surface area contributed by atoms with Gasteiger partial charge < -0.3 is 35.2 Å². The number of hydrogen-bond donors (Lipinski definition) is 5. The molecule has 3 heterocycles. The van der Waals surface area contributed by atoms with E-state index >= 15 is 0 Å². The quantitative estimate of drug-likeness (QED) is 0.0501. The van der Waals surface area contributed by atoms with E-state index < -0.39 is 35.6 Å². The minimum atomic E-state index is -3.03. The van der Waals surface area contributed by atoms with Gasteiger partial charge in [0.15, 0.2) is 0 Å². The summed E-state index contributed by atoms with van der Waals surface area (Å²) in [5, 5.41) is 38.6. The van der Waals surface area contributed by atoms with Gasteiger partial charge in [0.05, 0.1) is 36.4 Å². The number of carbonyl (C=O) groups is 6. The molecule has 20 nitrogen and oxygen atoms in total. The average molecular weight is 819 g/mol. The molecule has 2 unspecified atom stereocenters. The summed E-state index contributed by atoms with van der Waals surface area (Å²) in [5.74, 6) is -4.13. The van der Waals surface area contributed by atoms with E-state index in [0.717, 1.165) is 4.68 Å². The summed E-state index contributed by atoms with van der Waals surface area (Å²) in [4.78, 5) is 81.3. The lowest BCUT2D eigenvalue weighted by Gasteiger charge is -2.44. The molecule has 304 valence electrons. The normalized spacial score (nSPS) is 17.6. The molecule has 6 rings (SSSR count). The van der Waals surface area contributed by atoms with Gasteiger partial charge in [-0.2, -0.15) is 4.68 Å². The molecule has 5 amide bonds. The van der Waals surface area contributed by atoms with Gasteiger partial charge in [-0.15, -0.1) is 5.10 Å². The van der Waals surface area contributed by atoms with E-state index in [9.17, 15) is 39.0 Å². The van der Waals surface area contributed by atoms with E-state index in [0.29, 0.717) is 60.3 Å². The van der Waals surface area contributed by atoms with Crippen molar-refractivity contribution in [2.45, 2.75) is 43.5 Å². The molecule has 2 atom stereocenters. The number of nitrogens with one attached hydrogen (secondary N) is 3. The van der Waals surface area contributed by atoms with Crippen LogP contribution in [0.1, 0.15) is 36.4 Å². The zero-order valence-electron chi connectivity index (χ0n) is 31.0. The highest BCUT2D eigenvalue weighted by atomic mass is 35.5. The van der Waals surface area contributed by atoms with Crippen molar-refractivity contribution < 1.29 is 48.5 Å². The Kier molecular flexibility index (Phi) is 12.8. The average Bonchev–Trinajstić information content (AvgIpc) is 3.86. The van der Waals surface area contributed by atoms with Crippen molar-refractivity contribution >= 4 is 64.9 Å². The summed E-state index contributed by atoms with van der Waals surface area (Å²) in [6.07, 6.45) is 0.612. The molecule has 21 heteroatoms. The van der Waals surface area contributed by atoms with Crippen molar-refractivity contribution in [3.8, 4) is 5.69 Å². The minimum Gasteiger partial charge on any atom is -0.478 e. The first kappa shape index (κ1) is 41.0. The van der Waals surface area contributed by atoms with E-state index in [2.05, 4.69) is 31.6 Å². The number of methoxy groups -OCH3 is 1. The Balaban J connectivity index is 1.21. The molecule has 0 radical (unpaired) electrons. The number of aryl methyl sites for hydroxylation is 1. The fourth-order valence-corrected chi connectivity index (χ4v) is 7.13. The predicted octanol–water partition coefficient (Wildman–Crippen LogP) is 3.10. The number of hydrazine groups is 1. The Hall–Kier alpha value is -6.64. The highest BCUT2D eigenvalue weighted by Crippen LogP contribution is 2.49. The predicted molar refractivity (Wildman–Crippen MR) is 205 cm³/mol. The standard InChI is InChI=1S/C37H39ClN10O10/c1-57-18-19-58-26-14-16-45(17-15-26)35(54)40-25-10-6-23(7-11-25)8-13-31(50)41-33-27-4-2-3-5-29(27)47(36(55)56)37(33,34(52)53)48(32(51)21-49)42-28-20-24(38)9-12-30(28)46-22-39-43-44-46/h2-7,9-12,20-22,26,33,42H,8,13-19H2,1H3,(H,40,54)(H,41,50)(H,52,53)(H,55,56). The molecular formula is C37H39ClN10O10. The number of fused-ring (bicyclic) bond motifs is 1. The van der Waals surface area contributed by atoms with Crippen LogP contribution in [-0.2, 0) is 35.1 Å². The van der Waals surface area contributed by atoms with Crippen molar-refractivity contribution in [2.75, 3.05) is 49.1 Å². The molecule has 0 spiro atoms. The Morgan fingerprint density at radius 3 is 2.40 bits per heavy atom. The van der Waals surface area contributed by atoms with Gasteiger partial charge >= 0.3 is 24.0 Å². The van der Waals surface area contributed by atoms with Crippen molar-refractivity contribution in [3.05, 3.63) is 89.2 Å². The van der Waals surface area contributed by atoms with Gasteiger partial charge in [0, 0.05) is 42.9 Å². The van der Waals surface area contributed by atoms with Gasteiger partial charge in [-0.1, -0.05) is 41.9 Å². The number of benzene rings is 3. The molecule has 0 bridgehead atoms. The van der Waals surface area contributed by atoms with Crippen LogP contribution in [0, 0.1) is 0 Å². The first-order valence-electron chi connectivity index (χ1n) is 18.0. The van der Waals surface area contributed by atoms with Gasteiger partial charge in [0.25, 0.3) is 5.66 Å². The maximum atomic E-state index is 13.7. The van der Waals surface area contributed by atoms with Crippen molar-refractivity contribution in [1.82, 2.24) is 35.4 Å². The number of aliphatic carboxylic acids is 1. The Morgan fingerprint density at radius 1 is 1.00 bits per heavy atom. The number of anilines is 3. The Bertz CT molecular complexity index is 2150. The molecule has 3 aromatic carbocycles. The van der Waals surface area contributed by atoms with Crippen molar-refractivity contribution in [1.29, 1.82) is 0 Å². The van der Waals surface area contributed by atoms with E-state index in [4.69, 9.17) is 21.1 Å². The first-order valence-corrected chi connectivity index (χ1v) is 18.3. The summed E-state index contributed by atoms with van der Waals surface area (Å²) < 4.78 is 11.9. The Morgan fingerprint density at radius 2 is 1.74 bits per heavy atom. The molecule has 4 aromatic rings. The first-order chi connectivity index (χ1) is 28.0. The van der Waals surface area contributed by atoms with Crippen LogP contribution in [0.5, 0.6) is 0 Å². The second-order valence-electron chi connectivity index (χ2n) is 13.2. The van der Waals surface area contributed by atoms with Gasteiger partial charge in [0.2, 0.25) is 12.2 Å². The monoisotopic (exact) mass is 818 g/mol. The number of rotatable bonds is 15. The fourth-order valence-electron chi connectivity index (χ4n) is 6.96. The summed E-state index contributed by atoms with van der Waals surface area (Å²) in [5.41, 5.74) is 0.683. The topological polar surface area (TPSA) is 251 Å². The summed E-state index contributed by atoms with van der Waals surface area (Å²) >= 11 is 6.27. The SMILES string of the molecule is COCCOC1CCN(C(=O)Nc2ccc(CCC(=O)NC3c4ccccc4N(C(=O)O)C3(C(=O)O)N(Nc3cc(Cl)ccc3-n3cnnn3)C(=O)C=O)cc2)CC1. The third kappa shape index (κ3) is 8.53. The molecule has 2 aliphatic rings. The van der Waals surface area contributed by atoms with Crippen LogP contribution in [0.25, 0.3) is 5.69 Å². The van der Waals surface area contributed by atoms with Crippen LogP contribution < -0.4 is 21.0 Å². The van der Waals surface area contributed by atoms with E-state index in [-0.39, 0.29) is 58.9 Å². The smallest absolute Gasteiger partial charge is 0.414 e. The number of piperidine rings is 1. The molecule has 2 aliphatic heterocycles. The van der Waals surface area contributed by atoms with Crippen LogP contribution in [0.2, 0.25) is 5.02 Å². The second-order valence-corrected chi connectivity index (χ2v) is 13.6. The number of urea groups is 1. The zero-order chi connectivity index (χ0) is 41.4. The number of tetrazole rings is 1. The number of aromatic nitrogens is 4. The van der Waals surface area contributed by atoms with E-state index in [1.165, 1.54) is 48.8 Å². The number of carboxylic acids is 1. The number of carbonyl (C=O) groups excluding carboxylic acids is 4. The molecule has 5 N–H and O–H groups in total. The number of ether oxygens (including phenoxy) is 2. The summed E-state index contributed by atoms with van der Waals surface area (Å²) in [7, 11) is 1.61. The lowest BCUT2D eigenvalue weighted by atomic mass is 9.95. The number of likely N-dealkylation sites (tertiary alicyclic amines) is 1. The van der Waals surface area contributed by atoms with Crippen LogP contribution in [-0.4, -0.2) is 122 Å². The third-order valence-electron chi connectivity index (χ3n) is 9.71. The number of halogens is 1. The number of amides is 5.